The lowest BCUT2D eigenvalue weighted by atomic mass is 10.2. The van der Waals surface area contributed by atoms with E-state index in [-0.39, 0.29) is 0 Å². The minimum absolute atomic E-state index is 0.308. The van der Waals surface area contributed by atoms with Crippen LogP contribution in [0.25, 0.3) is 28.3 Å². The van der Waals surface area contributed by atoms with Gasteiger partial charge in [-0.15, -0.1) is 0 Å². The van der Waals surface area contributed by atoms with Crippen LogP contribution in [0.15, 0.2) is 60.9 Å². The number of methoxy groups -OCH3 is 1. The summed E-state index contributed by atoms with van der Waals surface area (Å²) in [6, 6.07) is 13.6. The van der Waals surface area contributed by atoms with Gasteiger partial charge in [-0.2, -0.15) is 0 Å². The third-order valence-electron chi connectivity index (χ3n) is 3.99. The van der Waals surface area contributed by atoms with Crippen molar-refractivity contribution in [2.75, 3.05) is 7.11 Å². The predicted molar refractivity (Wildman–Crippen MR) is 92.0 cm³/mol. The van der Waals surface area contributed by atoms with E-state index < -0.39 is 11.6 Å². The topological polar surface area (TPSA) is 59.7 Å². The Bertz CT molecular complexity index is 1080. The van der Waals surface area contributed by atoms with Crippen molar-refractivity contribution in [2.45, 2.75) is 0 Å². The highest BCUT2D eigenvalue weighted by Gasteiger charge is 2.20. The van der Waals surface area contributed by atoms with Gasteiger partial charge in [-0.1, -0.05) is 12.1 Å². The highest BCUT2D eigenvalue weighted by Crippen LogP contribution is 2.36. The van der Waals surface area contributed by atoms with Gasteiger partial charge in [-0.05, 0) is 36.4 Å². The third kappa shape index (κ3) is 2.39. The Morgan fingerprint density at radius 1 is 1.04 bits per heavy atom. The van der Waals surface area contributed by atoms with Crippen LogP contribution in [-0.2, 0) is 0 Å². The van der Waals surface area contributed by atoms with E-state index >= 15 is 0 Å². The smallest absolute Gasteiger partial charge is 0.165 e. The van der Waals surface area contributed by atoms with Crippen molar-refractivity contribution in [2.24, 2.45) is 0 Å². The third-order valence-corrected chi connectivity index (χ3v) is 3.99. The van der Waals surface area contributed by atoms with Crippen LogP contribution in [0, 0.1) is 5.82 Å². The molecule has 1 aromatic carbocycles. The molecule has 3 heterocycles. The summed E-state index contributed by atoms with van der Waals surface area (Å²) in [4.78, 5) is 9.01. The van der Waals surface area contributed by atoms with Gasteiger partial charge in [-0.25, -0.2) is 9.37 Å². The number of pyridine rings is 2. The number of phenolic OH excluding ortho intramolecular Hbond substituents is 1. The number of rotatable bonds is 3. The largest absolute Gasteiger partial charge is 0.504 e. The fourth-order valence-electron chi connectivity index (χ4n) is 2.83. The summed E-state index contributed by atoms with van der Waals surface area (Å²) in [7, 11) is 1.57. The second-order valence-electron chi connectivity index (χ2n) is 5.43. The maximum absolute atomic E-state index is 13.8. The monoisotopic (exact) mass is 335 g/mol. The second-order valence-corrected chi connectivity index (χ2v) is 5.43. The summed E-state index contributed by atoms with van der Waals surface area (Å²) < 4.78 is 21.0. The minimum Gasteiger partial charge on any atom is -0.504 e. The Labute approximate surface area is 143 Å². The molecule has 4 aromatic rings. The highest BCUT2D eigenvalue weighted by atomic mass is 19.1. The Balaban J connectivity index is 2.04. The van der Waals surface area contributed by atoms with Crippen molar-refractivity contribution >= 4 is 5.52 Å². The van der Waals surface area contributed by atoms with Crippen molar-refractivity contribution in [3.05, 3.63) is 66.7 Å². The minimum atomic E-state index is -0.692. The molecule has 0 spiro atoms. The maximum atomic E-state index is 13.8. The molecule has 124 valence electrons. The summed E-state index contributed by atoms with van der Waals surface area (Å²) in [5.41, 5.74) is 2.26. The zero-order chi connectivity index (χ0) is 17.4. The first-order valence-electron chi connectivity index (χ1n) is 7.65. The summed E-state index contributed by atoms with van der Waals surface area (Å²) >= 11 is 0. The molecule has 0 saturated heterocycles. The fraction of sp³-hybridized carbons (Fsp3) is 0.0526. The summed E-state index contributed by atoms with van der Waals surface area (Å²) in [5.74, 6) is -0.114. The zero-order valence-corrected chi connectivity index (χ0v) is 13.3. The average Bonchev–Trinajstić information content (AvgIpc) is 3.03. The standard InChI is InChI=1S/C19H14FN3O2/c1-25-15-9-5-10-21-17(15)16-14-8-2-3-11-23(14)19(22-16)12-6-4-7-13(20)18(12)24/h2-11,24H,1H3. The molecule has 25 heavy (non-hydrogen) atoms. The molecule has 1 N–H and O–H groups in total. The number of fused-ring (bicyclic) bond motifs is 1. The quantitative estimate of drug-likeness (QED) is 0.616. The SMILES string of the molecule is COc1cccnc1-c1nc(-c2cccc(F)c2O)n2ccccc12. The molecule has 0 fully saturated rings. The van der Waals surface area contributed by atoms with Crippen LogP contribution in [0.4, 0.5) is 4.39 Å². The first kappa shape index (κ1) is 15.1. The number of phenols is 1. The van der Waals surface area contributed by atoms with Crippen LogP contribution < -0.4 is 4.74 Å². The number of para-hydroxylation sites is 1. The van der Waals surface area contributed by atoms with Crippen molar-refractivity contribution in [1.82, 2.24) is 14.4 Å². The van der Waals surface area contributed by atoms with Gasteiger partial charge in [0, 0.05) is 12.4 Å². The summed E-state index contributed by atoms with van der Waals surface area (Å²) in [6.45, 7) is 0. The molecular weight excluding hydrogens is 321 g/mol. The number of ether oxygens (including phenoxy) is 1. The molecule has 0 unspecified atom stereocenters. The fourth-order valence-corrected chi connectivity index (χ4v) is 2.83. The van der Waals surface area contributed by atoms with Gasteiger partial charge in [0.2, 0.25) is 0 Å². The molecule has 0 radical (unpaired) electrons. The van der Waals surface area contributed by atoms with E-state index in [1.807, 2.05) is 18.2 Å². The lowest BCUT2D eigenvalue weighted by Crippen LogP contribution is -1.91. The van der Waals surface area contributed by atoms with Crippen molar-refractivity contribution in [3.8, 4) is 34.3 Å². The maximum Gasteiger partial charge on any atom is 0.165 e. The number of aromatic hydroxyl groups is 1. The molecule has 0 aliphatic carbocycles. The Kier molecular flexibility index (Phi) is 3.57. The number of nitrogens with zero attached hydrogens (tertiary/aromatic N) is 3. The Morgan fingerprint density at radius 3 is 2.76 bits per heavy atom. The zero-order valence-electron chi connectivity index (χ0n) is 13.3. The normalized spacial score (nSPS) is 11.0. The Hall–Kier alpha value is -3.41. The summed E-state index contributed by atoms with van der Waals surface area (Å²) in [6.07, 6.45) is 3.46. The van der Waals surface area contributed by atoms with E-state index in [1.165, 1.54) is 12.1 Å². The second kappa shape index (κ2) is 5.90. The Morgan fingerprint density at radius 2 is 1.92 bits per heavy atom. The van der Waals surface area contributed by atoms with E-state index in [1.54, 1.807) is 42.1 Å². The van der Waals surface area contributed by atoms with Crippen LogP contribution in [0.2, 0.25) is 0 Å². The van der Waals surface area contributed by atoms with Crippen LogP contribution in [0.5, 0.6) is 11.5 Å². The molecule has 0 aliphatic rings. The van der Waals surface area contributed by atoms with Crippen LogP contribution in [0.3, 0.4) is 0 Å². The molecule has 0 saturated carbocycles. The molecule has 3 aromatic heterocycles. The molecule has 0 amide bonds. The van der Waals surface area contributed by atoms with E-state index in [0.717, 1.165) is 5.52 Å². The van der Waals surface area contributed by atoms with E-state index in [2.05, 4.69) is 9.97 Å². The first-order valence-corrected chi connectivity index (χ1v) is 7.65. The predicted octanol–water partition coefficient (Wildman–Crippen LogP) is 3.92. The molecule has 5 nitrogen and oxygen atoms in total. The average molecular weight is 335 g/mol. The van der Waals surface area contributed by atoms with Crippen LogP contribution >= 0.6 is 0 Å². The molecule has 0 aliphatic heterocycles. The first-order chi connectivity index (χ1) is 12.2. The van der Waals surface area contributed by atoms with E-state index in [4.69, 9.17) is 4.74 Å². The van der Waals surface area contributed by atoms with E-state index in [0.29, 0.717) is 28.5 Å². The molecule has 0 atom stereocenters. The van der Waals surface area contributed by atoms with Crippen LogP contribution in [0.1, 0.15) is 0 Å². The van der Waals surface area contributed by atoms with Gasteiger partial charge < -0.3 is 9.84 Å². The lowest BCUT2D eigenvalue weighted by Gasteiger charge is -2.04. The number of hydrogen-bond acceptors (Lipinski definition) is 4. The number of benzene rings is 1. The van der Waals surface area contributed by atoms with Crippen molar-refractivity contribution < 1.29 is 14.2 Å². The van der Waals surface area contributed by atoms with E-state index in [9.17, 15) is 9.50 Å². The number of halogens is 1. The molecular formula is C19H14FN3O2. The van der Waals surface area contributed by atoms with Gasteiger partial charge in [0.25, 0.3) is 0 Å². The number of imidazole rings is 1. The van der Waals surface area contributed by atoms with Gasteiger partial charge >= 0.3 is 0 Å². The number of hydrogen-bond donors (Lipinski definition) is 1. The van der Waals surface area contributed by atoms with Crippen molar-refractivity contribution in [3.63, 3.8) is 0 Å². The lowest BCUT2D eigenvalue weighted by molar-refractivity contribution is 0.414. The molecule has 0 bridgehead atoms. The molecule has 4 rings (SSSR count). The highest BCUT2D eigenvalue weighted by molar-refractivity contribution is 5.83. The van der Waals surface area contributed by atoms with Gasteiger partial charge in [0.05, 0.1) is 18.2 Å². The van der Waals surface area contributed by atoms with Crippen molar-refractivity contribution in [1.29, 1.82) is 0 Å². The van der Waals surface area contributed by atoms with Gasteiger partial charge in [0.15, 0.2) is 11.6 Å². The van der Waals surface area contributed by atoms with Crippen LogP contribution in [-0.4, -0.2) is 26.6 Å². The number of aromatic nitrogens is 3. The van der Waals surface area contributed by atoms with Gasteiger partial charge in [0.1, 0.15) is 23.0 Å². The molecule has 6 heteroatoms. The summed E-state index contributed by atoms with van der Waals surface area (Å²) in [5, 5.41) is 10.1. The van der Waals surface area contributed by atoms with Gasteiger partial charge in [-0.3, -0.25) is 9.38 Å².